The van der Waals surface area contributed by atoms with Gasteiger partial charge in [-0.3, -0.25) is 9.59 Å². The van der Waals surface area contributed by atoms with E-state index in [4.69, 9.17) is 9.84 Å². The molecule has 15 heavy (non-hydrogen) atoms. The standard InChI is InChI=1S/C9H12O5S/c1-13-9(12)5-3-2-4(15)7(14-3)6(5)8(10)11/h3-7,15H,2H2,1H3,(H,10,11). The smallest absolute Gasteiger partial charge is 0.312 e. The highest BCUT2D eigenvalue weighted by molar-refractivity contribution is 7.81. The molecule has 2 fully saturated rings. The highest BCUT2D eigenvalue weighted by Crippen LogP contribution is 2.46. The Morgan fingerprint density at radius 1 is 1.47 bits per heavy atom. The van der Waals surface area contributed by atoms with Crippen LogP contribution in [-0.2, 0) is 19.1 Å². The summed E-state index contributed by atoms with van der Waals surface area (Å²) in [5.74, 6) is -3.02. The normalized spacial score (nSPS) is 42.9. The Kier molecular flexibility index (Phi) is 2.64. The number of fused-ring (bicyclic) bond motifs is 2. The van der Waals surface area contributed by atoms with Crippen LogP contribution >= 0.6 is 12.6 Å². The van der Waals surface area contributed by atoms with E-state index in [1.54, 1.807) is 0 Å². The lowest BCUT2D eigenvalue weighted by Gasteiger charge is -2.25. The zero-order valence-corrected chi connectivity index (χ0v) is 9.02. The lowest BCUT2D eigenvalue weighted by atomic mass is 9.79. The minimum Gasteiger partial charge on any atom is -0.481 e. The second kappa shape index (κ2) is 3.68. The molecule has 2 aliphatic heterocycles. The van der Waals surface area contributed by atoms with Crippen molar-refractivity contribution in [3.63, 3.8) is 0 Å². The molecule has 5 atom stereocenters. The summed E-state index contributed by atoms with van der Waals surface area (Å²) in [5.41, 5.74) is 0. The molecule has 0 saturated carbocycles. The molecule has 5 unspecified atom stereocenters. The van der Waals surface area contributed by atoms with Crippen molar-refractivity contribution in [2.75, 3.05) is 7.11 Å². The second-order valence-corrected chi connectivity index (χ2v) is 4.52. The Labute approximate surface area is 92.1 Å². The first kappa shape index (κ1) is 10.8. The van der Waals surface area contributed by atoms with Crippen LogP contribution in [0.25, 0.3) is 0 Å². The van der Waals surface area contributed by atoms with Gasteiger partial charge in [0.1, 0.15) is 0 Å². The molecule has 2 saturated heterocycles. The predicted molar refractivity (Wildman–Crippen MR) is 52.7 cm³/mol. The van der Waals surface area contributed by atoms with Gasteiger partial charge in [-0.05, 0) is 6.42 Å². The van der Waals surface area contributed by atoms with Crippen molar-refractivity contribution in [3.8, 4) is 0 Å². The van der Waals surface area contributed by atoms with Gasteiger partial charge in [0.15, 0.2) is 0 Å². The number of carbonyl (C=O) groups is 2. The van der Waals surface area contributed by atoms with Crippen molar-refractivity contribution < 1.29 is 24.2 Å². The van der Waals surface area contributed by atoms with Crippen molar-refractivity contribution in [1.82, 2.24) is 0 Å². The maximum atomic E-state index is 11.4. The monoisotopic (exact) mass is 232 g/mol. The van der Waals surface area contributed by atoms with Crippen LogP contribution in [0.1, 0.15) is 6.42 Å². The Hall–Kier alpha value is -0.750. The van der Waals surface area contributed by atoms with Crippen molar-refractivity contribution in [2.45, 2.75) is 23.9 Å². The zero-order valence-electron chi connectivity index (χ0n) is 8.12. The molecule has 2 bridgehead atoms. The van der Waals surface area contributed by atoms with Gasteiger partial charge in [0.25, 0.3) is 0 Å². The molecule has 0 aliphatic carbocycles. The molecule has 84 valence electrons. The van der Waals surface area contributed by atoms with E-state index in [0.29, 0.717) is 6.42 Å². The summed E-state index contributed by atoms with van der Waals surface area (Å²) in [7, 11) is 1.26. The van der Waals surface area contributed by atoms with Crippen LogP contribution in [0.2, 0.25) is 0 Å². The molecule has 6 heteroatoms. The quantitative estimate of drug-likeness (QED) is 0.515. The fraction of sp³-hybridized carbons (Fsp3) is 0.778. The molecular weight excluding hydrogens is 220 g/mol. The highest BCUT2D eigenvalue weighted by atomic mass is 32.1. The lowest BCUT2D eigenvalue weighted by molar-refractivity contribution is -0.156. The molecule has 0 amide bonds. The number of carboxylic acids is 1. The number of rotatable bonds is 2. The van der Waals surface area contributed by atoms with Gasteiger partial charge in [0.05, 0.1) is 31.2 Å². The summed E-state index contributed by atoms with van der Waals surface area (Å²) < 4.78 is 10.0. The van der Waals surface area contributed by atoms with Crippen molar-refractivity contribution in [2.24, 2.45) is 11.8 Å². The summed E-state index contributed by atoms with van der Waals surface area (Å²) in [5, 5.41) is 8.95. The van der Waals surface area contributed by atoms with Crippen LogP contribution < -0.4 is 0 Å². The molecule has 0 radical (unpaired) electrons. The first-order valence-electron chi connectivity index (χ1n) is 4.70. The Balaban J connectivity index is 2.24. The molecule has 5 nitrogen and oxygen atoms in total. The average molecular weight is 232 g/mol. The Morgan fingerprint density at radius 3 is 2.67 bits per heavy atom. The predicted octanol–water partition coefficient (Wildman–Crippen LogP) is -0.0541. The molecule has 0 aromatic heterocycles. The van der Waals surface area contributed by atoms with E-state index in [-0.39, 0.29) is 11.4 Å². The van der Waals surface area contributed by atoms with Crippen LogP contribution in [0.3, 0.4) is 0 Å². The Bertz CT molecular complexity index is 305. The molecule has 2 heterocycles. The fourth-order valence-electron chi connectivity index (χ4n) is 2.44. The lowest BCUT2D eigenvalue weighted by Crippen LogP contribution is -2.42. The molecule has 0 spiro atoms. The van der Waals surface area contributed by atoms with Crippen molar-refractivity contribution in [1.29, 1.82) is 0 Å². The number of hydrogen-bond acceptors (Lipinski definition) is 5. The third kappa shape index (κ3) is 1.52. The van der Waals surface area contributed by atoms with Crippen molar-refractivity contribution >= 4 is 24.6 Å². The summed E-state index contributed by atoms with van der Waals surface area (Å²) in [6.45, 7) is 0. The van der Waals surface area contributed by atoms with E-state index in [1.165, 1.54) is 7.11 Å². The van der Waals surface area contributed by atoms with Gasteiger partial charge in [0, 0.05) is 5.25 Å². The summed E-state index contributed by atoms with van der Waals surface area (Å²) in [6.07, 6.45) is -0.219. The maximum Gasteiger partial charge on any atom is 0.312 e. The van der Waals surface area contributed by atoms with Gasteiger partial charge in [-0.2, -0.15) is 12.6 Å². The van der Waals surface area contributed by atoms with Gasteiger partial charge >= 0.3 is 11.9 Å². The average Bonchev–Trinajstić information content (AvgIpc) is 2.71. The van der Waals surface area contributed by atoms with Crippen LogP contribution in [0.4, 0.5) is 0 Å². The van der Waals surface area contributed by atoms with Gasteiger partial charge in [0.2, 0.25) is 0 Å². The molecule has 2 aliphatic rings. The summed E-state index contributed by atoms with van der Waals surface area (Å²) in [4.78, 5) is 22.5. The van der Waals surface area contributed by atoms with E-state index in [0.717, 1.165) is 0 Å². The van der Waals surface area contributed by atoms with E-state index in [2.05, 4.69) is 17.4 Å². The number of carboxylic acid groups (broad SMARTS) is 1. The van der Waals surface area contributed by atoms with Gasteiger partial charge < -0.3 is 14.6 Å². The number of esters is 1. The van der Waals surface area contributed by atoms with Crippen LogP contribution in [0.5, 0.6) is 0 Å². The number of ether oxygens (including phenoxy) is 2. The van der Waals surface area contributed by atoms with E-state index in [1.807, 2.05) is 0 Å². The highest BCUT2D eigenvalue weighted by Gasteiger charge is 2.59. The second-order valence-electron chi connectivity index (χ2n) is 3.86. The van der Waals surface area contributed by atoms with Gasteiger partial charge in [-0.15, -0.1) is 0 Å². The number of hydrogen-bond donors (Lipinski definition) is 2. The van der Waals surface area contributed by atoms with Crippen molar-refractivity contribution in [3.05, 3.63) is 0 Å². The van der Waals surface area contributed by atoms with E-state index < -0.39 is 29.9 Å². The maximum absolute atomic E-state index is 11.4. The largest absolute Gasteiger partial charge is 0.481 e. The van der Waals surface area contributed by atoms with E-state index >= 15 is 0 Å². The van der Waals surface area contributed by atoms with Crippen LogP contribution in [-0.4, -0.2) is 41.6 Å². The number of thiol groups is 1. The minimum atomic E-state index is -1.02. The zero-order chi connectivity index (χ0) is 11.2. The molecule has 2 rings (SSSR count). The molecule has 1 N–H and O–H groups in total. The summed E-state index contributed by atoms with van der Waals surface area (Å²) >= 11 is 4.25. The molecule has 0 aromatic carbocycles. The van der Waals surface area contributed by atoms with Crippen LogP contribution in [0, 0.1) is 11.8 Å². The van der Waals surface area contributed by atoms with Gasteiger partial charge in [-0.1, -0.05) is 0 Å². The van der Waals surface area contributed by atoms with E-state index in [9.17, 15) is 9.59 Å². The SMILES string of the molecule is COC(=O)C1C2CC(S)C(O2)C1C(=O)O. The number of carbonyl (C=O) groups excluding carboxylic acids is 1. The number of methoxy groups -OCH3 is 1. The third-order valence-electron chi connectivity index (χ3n) is 3.08. The first-order chi connectivity index (χ1) is 7.06. The molecular formula is C9H12O5S. The number of aliphatic carboxylic acids is 1. The molecule has 0 aromatic rings. The van der Waals surface area contributed by atoms with Gasteiger partial charge in [-0.25, -0.2) is 0 Å². The minimum absolute atomic E-state index is 0.1000. The first-order valence-corrected chi connectivity index (χ1v) is 5.22. The Morgan fingerprint density at radius 2 is 2.13 bits per heavy atom. The topological polar surface area (TPSA) is 72.8 Å². The third-order valence-corrected chi connectivity index (χ3v) is 3.59. The van der Waals surface area contributed by atoms with Crippen LogP contribution in [0.15, 0.2) is 0 Å². The summed E-state index contributed by atoms with van der Waals surface area (Å²) in [6, 6.07) is 0. The fourth-order valence-corrected chi connectivity index (χ4v) is 2.90.